The second kappa shape index (κ2) is 3.18. The molecule has 3 nitrogen and oxygen atoms in total. The largest absolute Gasteiger partial charge is 0.508 e. The lowest BCUT2D eigenvalue weighted by atomic mass is 9.96. The Labute approximate surface area is 81.7 Å². The number of hydrogen-bond donors (Lipinski definition) is 3. The van der Waals surface area contributed by atoms with Crippen molar-refractivity contribution in [1.29, 1.82) is 5.41 Å². The van der Waals surface area contributed by atoms with E-state index in [0.717, 1.165) is 16.9 Å². The van der Waals surface area contributed by atoms with Gasteiger partial charge in [0.2, 0.25) is 0 Å². The first-order valence-corrected chi connectivity index (χ1v) is 4.52. The molecule has 0 bridgehead atoms. The van der Waals surface area contributed by atoms with Crippen LogP contribution < -0.4 is 16.2 Å². The molecule has 1 aromatic rings. The Morgan fingerprint density at radius 2 is 2.21 bits per heavy atom. The summed E-state index contributed by atoms with van der Waals surface area (Å²) in [4.78, 5) is 0. The molecule has 1 aliphatic rings. The number of nitrogens with one attached hydrogen (secondary N) is 1. The van der Waals surface area contributed by atoms with Crippen molar-refractivity contribution < 1.29 is 5.11 Å². The molecule has 0 saturated carbocycles. The molecule has 0 aliphatic heterocycles. The average molecular weight is 188 g/mol. The smallest absolute Gasteiger partial charge is 0.116 e. The number of phenolic OH excluding ortho intramolecular Hbond substituents is 1. The summed E-state index contributed by atoms with van der Waals surface area (Å²) in [6.45, 7) is 0. The summed E-state index contributed by atoms with van der Waals surface area (Å²) in [5, 5.41) is 18.7. The van der Waals surface area contributed by atoms with Crippen molar-refractivity contribution >= 4 is 18.0 Å². The van der Waals surface area contributed by atoms with Crippen LogP contribution in [0.5, 0.6) is 5.75 Å². The minimum Gasteiger partial charge on any atom is -0.508 e. The van der Waals surface area contributed by atoms with E-state index in [-0.39, 0.29) is 17.5 Å². The summed E-state index contributed by atoms with van der Waals surface area (Å²) in [5.74, 6) is 0.474. The number of aromatic hydroxyl groups is 1. The molecule has 0 saturated heterocycles. The molecule has 1 aromatic carbocycles. The van der Waals surface area contributed by atoms with E-state index in [1.807, 2.05) is 18.2 Å². The fourth-order valence-corrected chi connectivity index (χ4v) is 1.65. The van der Waals surface area contributed by atoms with E-state index >= 15 is 0 Å². The van der Waals surface area contributed by atoms with Gasteiger partial charge >= 0.3 is 0 Å². The fourth-order valence-electron chi connectivity index (χ4n) is 1.65. The summed E-state index contributed by atoms with van der Waals surface area (Å²) in [6.07, 6.45) is 4.71. The van der Waals surface area contributed by atoms with E-state index in [1.165, 1.54) is 0 Å². The van der Waals surface area contributed by atoms with E-state index in [4.69, 9.17) is 11.1 Å². The molecule has 14 heavy (non-hydrogen) atoms. The molecular weight excluding hydrogens is 176 g/mol. The van der Waals surface area contributed by atoms with Gasteiger partial charge < -0.3 is 10.8 Å². The summed E-state index contributed by atoms with van der Waals surface area (Å²) in [7, 11) is 0. The van der Waals surface area contributed by atoms with E-state index < -0.39 is 0 Å². The van der Waals surface area contributed by atoms with Gasteiger partial charge in [0.25, 0.3) is 0 Å². The van der Waals surface area contributed by atoms with Crippen molar-refractivity contribution in [2.75, 3.05) is 0 Å². The third-order valence-electron chi connectivity index (χ3n) is 2.44. The zero-order valence-corrected chi connectivity index (χ0v) is 7.70. The number of rotatable bonds is 1. The Morgan fingerprint density at radius 3 is 2.93 bits per heavy atom. The SMILES string of the molecule is N=C(N)C1C=c2ccc(O)cc2=CC1. The van der Waals surface area contributed by atoms with E-state index in [9.17, 15) is 5.11 Å². The molecule has 72 valence electrons. The van der Waals surface area contributed by atoms with Gasteiger partial charge in [0.1, 0.15) is 5.75 Å². The Hall–Kier alpha value is -1.77. The maximum absolute atomic E-state index is 9.26. The average Bonchev–Trinajstić information content (AvgIpc) is 2.16. The standard InChI is InChI=1S/C11H12N2O/c12-11(13)9-2-1-8-6-10(14)4-3-7(8)5-9/h1,3-6,9,14H,2H2,(H3,12,13). The number of benzene rings is 1. The molecule has 1 atom stereocenters. The van der Waals surface area contributed by atoms with Gasteiger partial charge in [-0.3, -0.25) is 5.41 Å². The van der Waals surface area contributed by atoms with Crippen molar-refractivity contribution in [3.8, 4) is 5.75 Å². The Kier molecular flexibility index (Phi) is 2.00. The summed E-state index contributed by atoms with van der Waals surface area (Å²) >= 11 is 0. The minimum atomic E-state index is 0.00652. The normalized spacial score (nSPS) is 19.0. The third-order valence-corrected chi connectivity index (χ3v) is 2.44. The molecule has 2 rings (SSSR count). The molecule has 0 fully saturated rings. The van der Waals surface area contributed by atoms with E-state index in [1.54, 1.807) is 12.1 Å². The molecule has 0 amide bonds. The molecule has 0 radical (unpaired) electrons. The lowest BCUT2D eigenvalue weighted by Crippen LogP contribution is -2.32. The topological polar surface area (TPSA) is 70.1 Å². The maximum atomic E-state index is 9.26. The Balaban J connectivity index is 2.56. The highest BCUT2D eigenvalue weighted by molar-refractivity contribution is 5.86. The maximum Gasteiger partial charge on any atom is 0.116 e. The Morgan fingerprint density at radius 1 is 1.43 bits per heavy atom. The van der Waals surface area contributed by atoms with E-state index in [0.29, 0.717) is 0 Å². The highest BCUT2D eigenvalue weighted by atomic mass is 16.3. The van der Waals surface area contributed by atoms with Gasteiger partial charge in [0.05, 0.1) is 5.84 Å². The second-order valence-electron chi connectivity index (χ2n) is 3.48. The quantitative estimate of drug-likeness (QED) is 0.426. The summed E-state index contributed by atoms with van der Waals surface area (Å²) in [6, 6.07) is 5.21. The molecule has 0 spiro atoms. The van der Waals surface area contributed by atoms with Crippen LogP contribution in [-0.4, -0.2) is 10.9 Å². The van der Waals surface area contributed by atoms with Gasteiger partial charge in [-0.05, 0) is 29.0 Å². The van der Waals surface area contributed by atoms with Crippen molar-refractivity contribution in [3.63, 3.8) is 0 Å². The van der Waals surface area contributed by atoms with Gasteiger partial charge in [0, 0.05) is 5.92 Å². The van der Waals surface area contributed by atoms with Crippen molar-refractivity contribution in [2.45, 2.75) is 6.42 Å². The zero-order chi connectivity index (χ0) is 10.1. The molecular formula is C11H12N2O. The van der Waals surface area contributed by atoms with Crippen LogP contribution in [0.1, 0.15) is 6.42 Å². The van der Waals surface area contributed by atoms with Crippen LogP contribution in [0.3, 0.4) is 0 Å². The number of hydrogen-bond acceptors (Lipinski definition) is 2. The number of fused-ring (bicyclic) bond motifs is 1. The van der Waals surface area contributed by atoms with Crippen LogP contribution in [0.25, 0.3) is 12.2 Å². The zero-order valence-electron chi connectivity index (χ0n) is 7.70. The predicted octanol–water partition coefficient (Wildman–Crippen LogP) is -0.0909. The van der Waals surface area contributed by atoms with Crippen molar-refractivity contribution in [1.82, 2.24) is 0 Å². The van der Waals surface area contributed by atoms with Gasteiger partial charge in [-0.15, -0.1) is 0 Å². The first-order chi connectivity index (χ1) is 6.66. The van der Waals surface area contributed by atoms with Crippen LogP contribution >= 0.6 is 0 Å². The van der Waals surface area contributed by atoms with Crippen molar-refractivity contribution in [3.05, 3.63) is 28.6 Å². The number of amidine groups is 1. The molecule has 0 heterocycles. The first-order valence-electron chi connectivity index (χ1n) is 4.52. The fraction of sp³-hybridized carbons (Fsp3) is 0.182. The highest BCUT2D eigenvalue weighted by Gasteiger charge is 2.09. The Bertz CT molecular complexity index is 490. The highest BCUT2D eigenvalue weighted by Crippen LogP contribution is 2.08. The predicted molar refractivity (Wildman–Crippen MR) is 56.3 cm³/mol. The molecule has 0 aromatic heterocycles. The van der Waals surface area contributed by atoms with Crippen LogP contribution in [0.2, 0.25) is 0 Å². The van der Waals surface area contributed by atoms with Crippen LogP contribution in [0.4, 0.5) is 0 Å². The van der Waals surface area contributed by atoms with Crippen LogP contribution in [0.15, 0.2) is 18.2 Å². The number of phenols is 1. The molecule has 1 unspecified atom stereocenters. The lowest BCUT2D eigenvalue weighted by Gasteiger charge is -2.11. The summed E-state index contributed by atoms with van der Waals surface area (Å²) < 4.78 is 0. The monoisotopic (exact) mass is 188 g/mol. The summed E-state index contributed by atoms with van der Waals surface area (Å²) in [5.41, 5.74) is 5.44. The minimum absolute atomic E-state index is 0.00652. The number of nitrogens with two attached hydrogens (primary N) is 1. The lowest BCUT2D eigenvalue weighted by molar-refractivity contribution is 0.474. The second-order valence-corrected chi connectivity index (χ2v) is 3.48. The van der Waals surface area contributed by atoms with Crippen molar-refractivity contribution in [2.24, 2.45) is 11.7 Å². The van der Waals surface area contributed by atoms with Gasteiger partial charge in [0.15, 0.2) is 0 Å². The van der Waals surface area contributed by atoms with Gasteiger partial charge in [-0.25, -0.2) is 0 Å². The van der Waals surface area contributed by atoms with E-state index in [2.05, 4.69) is 0 Å². The molecule has 3 heteroatoms. The first kappa shape index (κ1) is 8.81. The van der Waals surface area contributed by atoms with Gasteiger partial charge in [-0.2, -0.15) is 0 Å². The molecule has 4 N–H and O–H groups in total. The van der Waals surface area contributed by atoms with Crippen LogP contribution in [-0.2, 0) is 0 Å². The molecule has 1 aliphatic carbocycles. The van der Waals surface area contributed by atoms with Gasteiger partial charge in [-0.1, -0.05) is 18.2 Å². The van der Waals surface area contributed by atoms with Crippen LogP contribution in [0, 0.1) is 11.3 Å². The third kappa shape index (κ3) is 1.48.